The van der Waals surface area contributed by atoms with E-state index < -0.39 is 0 Å². The molecule has 2 aromatic heterocycles. The Bertz CT molecular complexity index is 566. The lowest BCUT2D eigenvalue weighted by Crippen LogP contribution is -2.26. The van der Waals surface area contributed by atoms with Crippen molar-refractivity contribution in [1.29, 1.82) is 0 Å². The van der Waals surface area contributed by atoms with Crippen LogP contribution in [-0.4, -0.2) is 39.3 Å². The second-order valence-electron chi connectivity index (χ2n) is 5.16. The molecule has 2 aromatic rings. The van der Waals surface area contributed by atoms with Gasteiger partial charge in [-0.15, -0.1) is 0 Å². The molecule has 2 N–H and O–H groups in total. The Morgan fingerprint density at radius 1 is 1.37 bits per heavy atom. The second kappa shape index (κ2) is 5.17. The molecule has 0 spiro atoms. The third kappa shape index (κ3) is 2.30. The highest BCUT2D eigenvalue weighted by atomic mass is 16.3. The number of rotatable bonds is 2. The molecule has 5 heteroatoms. The summed E-state index contributed by atoms with van der Waals surface area (Å²) in [5, 5.41) is 10.9. The first kappa shape index (κ1) is 12.4. The molecule has 19 heavy (non-hydrogen) atoms. The van der Waals surface area contributed by atoms with Crippen molar-refractivity contribution < 1.29 is 5.11 Å². The van der Waals surface area contributed by atoms with Crippen molar-refractivity contribution >= 4 is 16.9 Å². The molecule has 1 unspecified atom stereocenters. The Morgan fingerprint density at radius 2 is 2.26 bits per heavy atom. The highest BCUT2D eigenvalue weighted by Crippen LogP contribution is 2.28. The molecule has 1 aliphatic heterocycles. The highest BCUT2D eigenvalue weighted by Gasteiger charge is 2.19. The topological polar surface area (TPSA) is 65.0 Å². The average molecular weight is 260 g/mol. The fourth-order valence-corrected chi connectivity index (χ4v) is 2.82. The number of nitrogens with one attached hydrogen (secondary N) is 1. The molecule has 1 fully saturated rings. The molecule has 3 heterocycles. The van der Waals surface area contributed by atoms with Crippen LogP contribution in [0.2, 0.25) is 0 Å². The maximum absolute atomic E-state index is 9.76. The van der Waals surface area contributed by atoms with E-state index in [9.17, 15) is 5.11 Å². The number of aryl methyl sites for hydroxylation is 1. The number of H-pyrrole nitrogens is 1. The summed E-state index contributed by atoms with van der Waals surface area (Å²) in [7, 11) is 0. The second-order valence-corrected chi connectivity index (χ2v) is 5.16. The summed E-state index contributed by atoms with van der Waals surface area (Å²) < 4.78 is 0. The summed E-state index contributed by atoms with van der Waals surface area (Å²) in [6, 6.07) is 0. The minimum atomic E-state index is -0.167. The molecule has 1 saturated heterocycles. The van der Waals surface area contributed by atoms with E-state index in [1.165, 1.54) is 5.56 Å². The number of aromatic nitrogens is 3. The maximum atomic E-state index is 9.76. The first-order valence-electron chi connectivity index (χ1n) is 7.03. The van der Waals surface area contributed by atoms with Gasteiger partial charge in [-0.3, -0.25) is 0 Å². The zero-order valence-corrected chi connectivity index (χ0v) is 11.3. The van der Waals surface area contributed by atoms with Crippen LogP contribution in [0, 0.1) is 0 Å². The van der Waals surface area contributed by atoms with Crippen molar-refractivity contribution in [3.8, 4) is 0 Å². The van der Waals surface area contributed by atoms with Gasteiger partial charge in [0, 0.05) is 19.3 Å². The number of nitrogens with zero attached hydrogens (tertiary/aromatic N) is 3. The SMILES string of the molecule is CCc1c[nH]c2ncnc(N3CCCC(O)CC3)c12. The zero-order chi connectivity index (χ0) is 13.2. The largest absolute Gasteiger partial charge is 0.393 e. The molecule has 0 saturated carbocycles. The predicted octanol–water partition coefficient (Wildman–Crippen LogP) is 1.87. The Balaban J connectivity index is 2.01. The molecule has 0 amide bonds. The Hall–Kier alpha value is -1.62. The zero-order valence-electron chi connectivity index (χ0n) is 11.3. The standard InChI is InChI=1S/C14H20N4O/c1-2-10-8-15-13-12(10)14(17-9-16-13)18-6-3-4-11(19)5-7-18/h8-9,11,19H,2-7H2,1H3,(H,15,16,17). The normalized spacial score (nSPS) is 20.7. The number of anilines is 1. The molecule has 0 aromatic carbocycles. The van der Waals surface area contributed by atoms with Gasteiger partial charge in [0.25, 0.3) is 0 Å². The van der Waals surface area contributed by atoms with E-state index in [1.54, 1.807) is 6.33 Å². The summed E-state index contributed by atoms with van der Waals surface area (Å²) in [6.45, 7) is 3.96. The number of aliphatic hydroxyl groups excluding tert-OH is 1. The van der Waals surface area contributed by atoms with Gasteiger partial charge in [0.1, 0.15) is 17.8 Å². The summed E-state index contributed by atoms with van der Waals surface area (Å²) in [5.74, 6) is 1.01. The van der Waals surface area contributed by atoms with E-state index in [-0.39, 0.29) is 6.10 Å². The minimum absolute atomic E-state index is 0.167. The van der Waals surface area contributed by atoms with E-state index >= 15 is 0 Å². The van der Waals surface area contributed by atoms with Crippen molar-refractivity contribution in [2.45, 2.75) is 38.7 Å². The number of hydrogen-bond donors (Lipinski definition) is 2. The van der Waals surface area contributed by atoms with Crippen LogP contribution in [0.1, 0.15) is 31.7 Å². The quantitative estimate of drug-likeness (QED) is 0.865. The first-order chi connectivity index (χ1) is 9.29. The van der Waals surface area contributed by atoms with E-state index in [0.29, 0.717) is 0 Å². The van der Waals surface area contributed by atoms with E-state index in [2.05, 4.69) is 26.8 Å². The van der Waals surface area contributed by atoms with Crippen LogP contribution in [0.4, 0.5) is 5.82 Å². The number of aromatic amines is 1. The summed E-state index contributed by atoms with van der Waals surface area (Å²) >= 11 is 0. The van der Waals surface area contributed by atoms with Crippen LogP contribution in [0.3, 0.4) is 0 Å². The van der Waals surface area contributed by atoms with Gasteiger partial charge in [-0.2, -0.15) is 0 Å². The predicted molar refractivity (Wildman–Crippen MR) is 75.3 cm³/mol. The van der Waals surface area contributed by atoms with Crippen molar-refractivity contribution in [2.24, 2.45) is 0 Å². The Kier molecular flexibility index (Phi) is 3.38. The lowest BCUT2D eigenvalue weighted by Gasteiger charge is -2.22. The van der Waals surface area contributed by atoms with Crippen molar-refractivity contribution in [2.75, 3.05) is 18.0 Å². The van der Waals surface area contributed by atoms with Gasteiger partial charge < -0.3 is 15.0 Å². The van der Waals surface area contributed by atoms with Crippen molar-refractivity contribution in [3.63, 3.8) is 0 Å². The fraction of sp³-hybridized carbons (Fsp3) is 0.571. The van der Waals surface area contributed by atoms with Gasteiger partial charge in [-0.1, -0.05) is 6.92 Å². The average Bonchev–Trinajstić information content (AvgIpc) is 2.74. The lowest BCUT2D eigenvalue weighted by atomic mass is 10.2. The van der Waals surface area contributed by atoms with Gasteiger partial charge in [0.05, 0.1) is 11.5 Å². The third-order valence-corrected chi connectivity index (χ3v) is 3.91. The van der Waals surface area contributed by atoms with Crippen LogP contribution >= 0.6 is 0 Å². The van der Waals surface area contributed by atoms with Crippen molar-refractivity contribution in [3.05, 3.63) is 18.1 Å². The fourth-order valence-electron chi connectivity index (χ4n) is 2.82. The molecule has 1 aliphatic rings. The number of hydrogen-bond acceptors (Lipinski definition) is 4. The smallest absolute Gasteiger partial charge is 0.143 e. The summed E-state index contributed by atoms with van der Waals surface area (Å²) in [4.78, 5) is 14.3. The molecule has 102 valence electrons. The van der Waals surface area contributed by atoms with Gasteiger partial charge >= 0.3 is 0 Å². The number of aliphatic hydroxyl groups is 1. The van der Waals surface area contributed by atoms with Gasteiger partial charge in [-0.05, 0) is 31.2 Å². The molecular weight excluding hydrogens is 240 g/mol. The molecule has 1 atom stereocenters. The number of fused-ring (bicyclic) bond motifs is 1. The summed E-state index contributed by atoms with van der Waals surface area (Å²) in [5.41, 5.74) is 2.17. The molecule has 0 radical (unpaired) electrons. The molecule has 0 bridgehead atoms. The van der Waals surface area contributed by atoms with Gasteiger partial charge in [0.15, 0.2) is 0 Å². The third-order valence-electron chi connectivity index (χ3n) is 3.91. The Morgan fingerprint density at radius 3 is 3.11 bits per heavy atom. The van der Waals surface area contributed by atoms with Crippen LogP contribution < -0.4 is 4.90 Å². The van der Waals surface area contributed by atoms with Crippen LogP contribution in [0.25, 0.3) is 11.0 Å². The van der Waals surface area contributed by atoms with Crippen LogP contribution in [0.5, 0.6) is 0 Å². The first-order valence-corrected chi connectivity index (χ1v) is 7.03. The highest BCUT2D eigenvalue weighted by molar-refractivity contribution is 5.90. The summed E-state index contributed by atoms with van der Waals surface area (Å²) in [6.07, 6.45) is 7.16. The minimum Gasteiger partial charge on any atom is -0.393 e. The van der Waals surface area contributed by atoms with E-state index in [1.807, 2.05) is 6.20 Å². The van der Waals surface area contributed by atoms with Gasteiger partial charge in [0.2, 0.25) is 0 Å². The molecular formula is C14H20N4O. The monoisotopic (exact) mass is 260 g/mol. The Labute approximate surface area is 112 Å². The maximum Gasteiger partial charge on any atom is 0.143 e. The molecule has 5 nitrogen and oxygen atoms in total. The van der Waals surface area contributed by atoms with E-state index in [0.717, 1.165) is 55.6 Å². The molecule has 0 aliphatic carbocycles. The molecule has 3 rings (SSSR count). The van der Waals surface area contributed by atoms with Gasteiger partial charge in [-0.25, -0.2) is 9.97 Å². The van der Waals surface area contributed by atoms with E-state index in [4.69, 9.17) is 0 Å². The lowest BCUT2D eigenvalue weighted by molar-refractivity contribution is 0.161. The van der Waals surface area contributed by atoms with Crippen molar-refractivity contribution in [1.82, 2.24) is 15.0 Å². The van der Waals surface area contributed by atoms with Crippen LogP contribution in [-0.2, 0) is 6.42 Å². The van der Waals surface area contributed by atoms with Crippen LogP contribution in [0.15, 0.2) is 12.5 Å².